The first-order chi connectivity index (χ1) is 15.3. The molecule has 0 radical (unpaired) electrons. The molecular formula is C26H21BrN4. The van der Waals surface area contributed by atoms with Crippen molar-refractivity contribution in [2.45, 2.75) is 12.5 Å². The van der Waals surface area contributed by atoms with E-state index >= 15 is 0 Å². The molecule has 0 fully saturated rings. The zero-order valence-electron chi connectivity index (χ0n) is 16.8. The van der Waals surface area contributed by atoms with E-state index in [2.05, 4.69) is 104 Å². The lowest BCUT2D eigenvalue weighted by Crippen LogP contribution is -2.18. The van der Waals surface area contributed by atoms with Gasteiger partial charge in [0.15, 0.2) is 0 Å². The van der Waals surface area contributed by atoms with Gasteiger partial charge in [-0.2, -0.15) is 5.10 Å². The fourth-order valence-corrected chi connectivity index (χ4v) is 4.09. The second-order valence-electron chi connectivity index (χ2n) is 7.44. The number of nitrogens with one attached hydrogen (secondary N) is 1. The van der Waals surface area contributed by atoms with Gasteiger partial charge in [0.1, 0.15) is 0 Å². The van der Waals surface area contributed by atoms with Crippen molar-refractivity contribution in [3.63, 3.8) is 0 Å². The van der Waals surface area contributed by atoms with Gasteiger partial charge in [-0.25, -0.2) is 0 Å². The van der Waals surface area contributed by atoms with Crippen molar-refractivity contribution < 1.29 is 0 Å². The Balaban J connectivity index is 1.47. The summed E-state index contributed by atoms with van der Waals surface area (Å²) in [4.78, 5) is 4.08. The van der Waals surface area contributed by atoms with E-state index < -0.39 is 0 Å². The topological polar surface area (TPSA) is 40.5 Å². The predicted molar refractivity (Wildman–Crippen MR) is 131 cm³/mol. The number of aromatic nitrogens is 1. The molecule has 0 amide bonds. The molecule has 0 saturated heterocycles. The van der Waals surface area contributed by atoms with Gasteiger partial charge in [0.05, 0.1) is 17.4 Å². The maximum absolute atomic E-state index is 5.06. The molecule has 152 valence electrons. The molecular weight excluding hydrogens is 448 g/mol. The average Bonchev–Trinajstić information content (AvgIpc) is 3.27. The molecule has 1 N–H and O–H groups in total. The van der Waals surface area contributed by atoms with Crippen molar-refractivity contribution in [1.29, 1.82) is 0 Å². The third kappa shape index (κ3) is 4.37. The molecule has 1 aromatic heterocycles. The van der Waals surface area contributed by atoms with Crippen LogP contribution in [0.4, 0.5) is 17.1 Å². The smallest absolute Gasteiger partial charge is 0.0831 e. The van der Waals surface area contributed by atoms with Gasteiger partial charge in [0.2, 0.25) is 0 Å². The van der Waals surface area contributed by atoms with Gasteiger partial charge < -0.3 is 5.32 Å². The number of hydrazone groups is 1. The number of rotatable bonds is 5. The molecule has 0 bridgehead atoms. The highest BCUT2D eigenvalue weighted by atomic mass is 79.9. The molecule has 0 saturated carbocycles. The molecule has 1 atom stereocenters. The molecule has 4 aromatic rings. The van der Waals surface area contributed by atoms with Crippen LogP contribution in [-0.2, 0) is 0 Å². The second-order valence-corrected chi connectivity index (χ2v) is 8.36. The van der Waals surface area contributed by atoms with Crippen molar-refractivity contribution in [3.05, 3.63) is 119 Å². The van der Waals surface area contributed by atoms with Crippen molar-refractivity contribution in [3.8, 4) is 0 Å². The SMILES string of the molecule is Brc1ccc(C2CC(c3cccc(Nc4ccncc4)c3)=NN2c2ccccc2)cc1. The summed E-state index contributed by atoms with van der Waals surface area (Å²) in [6, 6.07) is 31.4. The van der Waals surface area contributed by atoms with Crippen LogP contribution in [0, 0.1) is 0 Å². The molecule has 3 aromatic carbocycles. The molecule has 1 unspecified atom stereocenters. The van der Waals surface area contributed by atoms with Crippen molar-refractivity contribution >= 4 is 38.7 Å². The van der Waals surface area contributed by atoms with Gasteiger partial charge in [0.25, 0.3) is 0 Å². The molecule has 31 heavy (non-hydrogen) atoms. The Kier molecular flexibility index (Phi) is 5.50. The molecule has 0 spiro atoms. The van der Waals surface area contributed by atoms with Crippen LogP contribution in [0.5, 0.6) is 0 Å². The van der Waals surface area contributed by atoms with Gasteiger partial charge in [-0.15, -0.1) is 0 Å². The fourth-order valence-electron chi connectivity index (χ4n) is 3.83. The van der Waals surface area contributed by atoms with Crippen LogP contribution in [0.3, 0.4) is 0 Å². The quantitative estimate of drug-likeness (QED) is 0.344. The van der Waals surface area contributed by atoms with E-state index in [1.165, 1.54) is 5.56 Å². The Bertz CT molecular complexity index is 1190. The van der Waals surface area contributed by atoms with Crippen LogP contribution in [-0.4, -0.2) is 10.7 Å². The first-order valence-corrected chi connectivity index (χ1v) is 11.0. The summed E-state index contributed by atoms with van der Waals surface area (Å²) in [7, 11) is 0. The zero-order valence-corrected chi connectivity index (χ0v) is 18.4. The second kappa shape index (κ2) is 8.74. The van der Waals surface area contributed by atoms with Crippen LogP contribution < -0.4 is 10.3 Å². The number of benzene rings is 3. The number of hydrogen-bond donors (Lipinski definition) is 1. The minimum absolute atomic E-state index is 0.155. The number of hydrogen-bond acceptors (Lipinski definition) is 4. The number of nitrogens with zero attached hydrogens (tertiary/aromatic N) is 3. The zero-order chi connectivity index (χ0) is 21.0. The monoisotopic (exact) mass is 468 g/mol. The predicted octanol–water partition coefficient (Wildman–Crippen LogP) is 6.94. The normalized spacial score (nSPS) is 15.6. The summed E-state index contributed by atoms with van der Waals surface area (Å²) in [5.41, 5.74) is 6.59. The van der Waals surface area contributed by atoms with E-state index in [0.29, 0.717) is 0 Å². The maximum atomic E-state index is 5.06. The molecule has 5 rings (SSSR count). The molecule has 1 aliphatic heterocycles. The minimum Gasteiger partial charge on any atom is -0.355 e. The molecule has 0 aliphatic carbocycles. The summed E-state index contributed by atoms with van der Waals surface area (Å²) >= 11 is 3.54. The summed E-state index contributed by atoms with van der Waals surface area (Å²) in [6.07, 6.45) is 4.41. The van der Waals surface area contributed by atoms with Gasteiger partial charge >= 0.3 is 0 Å². The maximum Gasteiger partial charge on any atom is 0.0831 e. The van der Waals surface area contributed by atoms with Crippen LogP contribution in [0.2, 0.25) is 0 Å². The lowest BCUT2D eigenvalue weighted by molar-refractivity contribution is 0.709. The van der Waals surface area contributed by atoms with Crippen molar-refractivity contribution in [1.82, 2.24) is 4.98 Å². The Morgan fingerprint density at radius 2 is 1.58 bits per heavy atom. The highest BCUT2D eigenvalue weighted by molar-refractivity contribution is 9.10. The Morgan fingerprint density at radius 1 is 0.806 bits per heavy atom. The third-order valence-corrected chi connectivity index (χ3v) is 5.88. The highest BCUT2D eigenvalue weighted by Gasteiger charge is 2.29. The van der Waals surface area contributed by atoms with Gasteiger partial charge in [-0.1, -0.05) is 58.4 Å². The molecule has 1 aliphatic rings. The van der Waals surface area contributed by atoms with Crippen LogP contribution >= 0.6 is 15.9 Å². The Labute approximate surface area is 190 Å². The first-order valence-electron chi connectivity index (χ1n) is 10.2. The van der Waals surface area contributed by atoms with Gasteiger partial charge in [0, 0.05) is 34.7 Å². The van der Waals surface area contributed by atoms with Crippen LogP contribution in [0.1, 0.15) is 23.6 Å². The fraction of sp³-hybridized carbons (Fsp3) is 0.0769. The van der Waals surface area contributed by atoms with E-state index in [-0.39, 0.29) is 6.04 Å². The standard InChI is InChI=1S/C26H21BrN4/c27-21-11-9-19(10-12-21)26-18-25(30-31(26)24-7-2-1-3-8-24)20-5-4-6-23(17-20)29-22-13-15-28-16-14-22/h1-17,26H,18H2,(H,28,29). The van der Waals surface area contributed by atoms with E-state index in [0.717, 1.165) is 39.2 Å². The number of pyridine rings is 1. The Hall–Kier alpha value is -3.44. The summed E-state index contributed by atoms with van der Waals surface area (Å²) < 4.78 is 1.08. The minimum atomic E-state index is 0.155. The van der Waals surface area contributed by atoms with Crippen molar-refractivity contribution in [2.75, 3.05) is 10.3 Å². The van der Waals surface area contributed by atoms with Gasteiger partial charge in [-0.05, 0) is 59.7 Å². The highest BCUT2D eigenvalue weighted by Crippen LogP contribution is 2.37. The molecule has 2 heterocycles. The van der Waals surface area contributed by atoms with Gasteiger partial charge in [-0.3, -0.25) is 9.99 Å². The van der Waals surface area contributed by atoms with E-state index in [1.807, 2.05) is 18.2 Å². The average molecular weight is 469 g/mol. The van der Waals surface area contributed by atoms with E-state index in [9.17, 15) is 0 Å². The number of halogens is 1. The third-order valence-electron chi connectivity index (χ3n) is 5.35. The van der Waals surface area contributed by atoms with E-state index in [1.54, 1.807) is 12.4 Å². The summed E-state index contributed by atoms with van der Waals surface area (Å²) in [5, 5.41) is 10.6. The van der Waals surface area contributed by atoms with Crippen LogP contribution in [0.15, 0.2) is 113 Å². The largest absolute Gasteiger partial charge is 0.355 e. The lowest BCUT2D eigenvalue weighted by atomic mass is 9.98. The van der Waals surface area contributed by atoms with E-state index in [4.69, 9.17) is 5.10 Å². The molecule has 5 heteroatoms. The lowest BCUT2D eigenvalue weighted by Gasteiger charge is -2.24. The number of para-hydroxylation sites is 1. The summed E-state index contributed by atoms with van der Waals surface area (Å²) in [5.74, 6) is 0. The van der Waals surface area contributed by atoms with Crippen molar-refractivity contribution in [2.24, 2.45) is 5.10 Å². The Morgan fingerprint density at radius 3 is 2.35 bits per heavy atom. The first kappa shape index (κ1) is 19.5. The number of anilines is 3. The molecule has 4 nitrogen and oxygen atoms in total. The van der Waals surface area contributed by atoms with Crippen LogP contribution in [0.25, 0.3) is 0 Å². The summed E-state index contributed by atoms with van der Waals surface area (Å²) in [6.45, 7) is 0.